The Kier molecular flexibility index (Phi) is 14.1. The number of ether oxygens (including phenoxy) is 1. The third kappa shape index (κ3) is 11.9. The molecule has 3 amide bonds. The maximum absolute atomic E-state index is 14.8. The van der Waals surface area contributed by atoms with Gasteiger partial charge in [-0.3, -0.25) is 9.59 Å². The Morgan fingerprint density at radius 2 is 1.53 bits per heavy atom. The largest absolute Gasteiger partial charge is 0.508 e. The fraction of sp³-hybridized carbons (Fsp3) is 0.447. The molecule has 8 nitrogen and oxygen atoms in total. The number of unbranched alkanes of at least 4 members (excludes halogenated alkanes) is 5. The van der Waals surface area contributed by atoms with Gasteiger partial charge in [0.2, 0.25) is 5.91 Å². The molecule has 254 valence electrons. The number of aromatic hydroxyl groups is 1. The number of rotatable bonds is 15. The monoisotopic (exact) mass is 663 g/mol. The first-order chi connectivity index (χ1) is 22.3. The van der Waals surface area contributed by atoms with Crippen LogP contribution in [0.5, 0.6) is 5.75 Å². The highest BCUT2D eigenvalue weighted by atomic mass is 35.5. The summed E-state index contributed by atoms with van der Waals surface area (Å²) in [5, 5.41) is 16.0. The Labute approximate surface area is 284 Å². The van der Waals surface area contributed by atoms with Gasteiger partial charge in [0.25, 0.3) is 5.91 Å². The minimum atomic E-state index is -1.06. The van der Waals surface area contributed by atoms with Crippen molar-refractivity contribution < 1.29 is 24.2 Å². The first-order valence-corrected chi connectivity index (χ1v) is 16.9. The maximum atomic E-state index is 14.8. The van der Waals surface area contributed by atoms with Gasteiger partial charge >= 0.3 is 6.09 Å². The third-order valence-corrected chi connectivity index (χ3v) is 8.14. The topological polar surface area (TPSA) is 108 Å². The third-order valence-electron chi connectivity index (χ3n) is 7.82. The summed E-state index contributed by atoms with van der Waals surface area (Å²) in [6.07, 6.45) is 5.33. The highest BCUT2D eigenvalue weighted by Crippen LogP contribution is 2.30. The predicted octanol–water partition coefficient (Wildman–Crippen LogP) is 8.67. The van der Waals surface area contributed by atoms with Gasteiger partial charge in [0.15, 0.2) is 0 Å². The summed E-state index contributed by atoms with van der Waals surface area (Å²) >= 11 is 6.52. The lowest BCUT2D eigenvalue weighted by molar-refractivity contribution is -0.140. The van der Waals surface area contributed by atoms with Gasteiger partial charge < -0.3 is 25.4 Å². The highest BCUT2D eigenvalue weighted by molar-refractivity contribution is 6.34. The van der Waals surface area contributed by atoms with Crippen molar-refractivity contribution in [3.63, 3.8) is 0 Å². The zero-order valence-corrected chi connectivity index (χ0v) is 29.3. The van der Waals surface area contributed by atoms with Crippen LogP contribution in [-0.4, -0.2) is 46.1 Å². The molecule has 2 atom stereocenters. The number of amides is 3. The number of hydrogen-bond acceptors (Lipinski definition) is 5. The zero-order valence-electron chi connectivity index (χ0n) is 28.6. The molecule has 0 aliphatic carbocycles. The van der Waals surface area contributed by atoms with Gasteiger partial charge in [-0.15, -0.1) is 0 Å². The first kappa shape index (κ1) is 37.4. The van der Waals surface area contributed by atoms with Gasteiger partial charge in [-0.2, -0.15) is 0 Å². The summed E-state index contributed by atoms with van der Waals surface area (Å²) in [6, 6.07) is 17.3. The summed E-state index contributed by atoms with van der Waals surface area (Å²) in [5.41, 5.74) is 2.86. The van der Waals surface area contributed by atoms with Crippen LogP contribution in [0.4, 0.5) is 10.5 Å². The highest BCUT2D eigenvalue weighted by Gasteiger charge is 2.36. The summed E-state index contributed by atoms with van der Waals surface area (Å²) in [7, 11) is 0. The van der Waals surface area contributed by atoms with Crippen LogP contribution in [0.3, 0.4) is 0 Å². The quantitative estimate of drug-likeness (QED) is 0.141. The molecule has 0 bridgehead atoms. The van der Waals surface area contributed by atoms with Crippen molar-refractivity contribution in [3.05, 3.63) is 94.0 Å². The van der Waals surface area contributed by atoms with Crippen molar-refractivity contribution in [1.29, 1.82) is 0 Å². The van der Waals surface area contributed by atoms with Gasteiger partial charge in [-0.1, -0.05) is 105 Å². The van der Waals surface area contributed by atoms with Crippen LogP contribution in [0.2, 0.25) is 5.02 Å². The van der Waals surface area contributed by atoms with Gasteiger partial charge in [-0.05, 0) is 75.9 Å². The number of benzene rings is 3. The van der Waals surface area contributed by atoms with E-state index in [1.54, 1.807) is 43.9 Å². The molecule has 47 heavy (non-hydrogen) atoms. The second-order valence-corrected chi connectivity index (χ2v) is 13.5. The van der Waals surface area contributed by atoms with Crippen LogP contribution in [0.25, 0.3) is 0 Å². The number of carbonyl (C=O) groups is 3. The van der Waals surface area contributed by atoms with Crippen molar-refractivity contribution in [2.75, 3.05) is 11.9 Å². The average Bonchev–Trinajstić information content (AvgIpc) is 3.00. The van der Waals surface area contributed by atoms with Crippen molar-refractivity contribution in [2.24, 2.45) is 0 Å². The van der Waals surface area contributed by atoms with E-state index in [2.05, 4.69) is 17.6 Å². The SMILES string of the molecule is CCCCCCCCN(C(=O)C(Cc1ccc(O)cc1)NC(=O)OC(C)(C)C)C(C(=O)Nc1c(C)cccc1Cl)c1ccc(C)cc1. The number of anilines is 1. The predicted molar refractivity (Wildman–Crippen MR) is 189 cm³/mol. The second-order valence-electron chi connectivity index (χ2n) is 13.1. The number of carbonyl (C=O) groups excluding carboxylic acids is 3. The summed E-state index contributed by atoms with van der Waals surface area (Å²) in [4.78, 5) is 43.8. The van der Waals surface area contributed by atoms with Crippen LogP contribution >= 0.6 is 11.6 Å². The van der Waals surface area contributed by atoms with E-state index in [1.165, 1.54) is 12.1 Å². The van der Waals surface area contributed by atoms with E-state index in [9.17, 15) is 19.5 Å². The maximum Gasteiger partial charge on any atom is 0.408 e. The van der Waals surface area contributed by atoms with Gasteiger partial charge in [-0.25, -0.2) is 4.79 Å². The molecule has 0 heterocycles. The van der Waals surface area contributed by atoms with Crippen molar-refractivity contribution in [1.82, 2.24) is 10.2 Å². The lowest BCUT2D eigenvalue weighted by atomic mass is 9.98. The lowest BCUT2D eigenvalue weighted by Gasteiger charge is -2.35. The number of halogens is 1. The second kappa shape index (κ2) is 17.8. The number of hydrogen-bond donors (Lipinski definition) is 3. The molecule has 3 rings (SSSR count). The van der Waals surface area contributed by atoms with Crippen LogP contribution < -0.4 is 10.6 Å². The summed E-state index contributed by atoms with van der Waals surface area (Å²) in [6.45, 7) is 11.5. The Balaban J connectivity index is 2.08. The summed E-state index contributed by atoms with van der Waals surface area (Å²) in [5.74, 6) is -0.744. The molecule has 0 radical (unpaired) electrons. The molecular formula is C38H50ClN3O5. The Morgan fingerprint density at radius 3 is 2.15 bits per heavy atom. The van der Waals surface area contributed by atoms with Gasteiger partial charge in [0.1, 0.15) is 23.4 Å². The zero-order chi connectivity index (χ0) is 34.6. The fourth-order valence-electron chi connectivity index (χ4n) is 5.35. The number of alkyl carbamates (subject to hydrolysis) is 1. The minimum absolute atomic E-state index is 0.0902. The molecule has 3 aromatic rings. The van der Waals surface area contributed by atoms with E-state index in [0.717, 1.165) is 48.8 Å². The molecule has 3 N–H and O–H groups in total. The standard InChI is InChI=1S/C38H50ClN3O5/c1-7-8-9-10-11-12-24-42(36(45)32(40-37(46)47-38(4,5)6)25-28-18-22-30(43)23-19-28)34(29-20-16-26(2)17-21-29)35(44)41-33-27(3)14-13-15-31(33)39/h13-23,32,34,43H,7-12,24-25H2,1-6H3,(H,40,46)(H,41,44). The van der Waals surface area contributed by atoms with E-state index < -0.39 is 35.6 Å². The Morgan fingerprint density at radius 1 is 0.894 bits per heavy atom. The molecule has 0 aliphatic rings. The molecule has 0 fully saturated rings. The number of phenols is 1. The van der Waals surface area contributed by atoms with E-state index in [0.29, 0.717) is 29.2 Å². The fourth-order valence-corrected chi connectivity index (χ4v) is 5.62. The van der Waals surface area contributed by atoms with Crippen LogP contribution in [-0.2, 0) is 20.7 Å². The minimum Gasteiger partial charge on any atom is -0.508 e. The van der Waals surface area contributed by atoms with E-state index >= 15 is 0 Å². The number of para-hydroxylation sites is 1. The average molecular weight is 664 g/mol. The molecule has 3 aromatic carbocycles. The van der Waals surface area contributed by atoms with Crippen LogP contribution in [0.15, 0.2) is 66.7 Å². The van der Waals surface area contributed by atoms with Crippen LogP contribution in [0.1, 0.15) is 94.5 Å². The van der Waals surface area contributed by atoms with Crippen molar-refractivity contribution >= 4 is 35.2 Å². The molecule has 9 heteroatoms. The molecule has 2 unspecified atom stereocenters. The molecule has 0 saturated carbocycles. The molecule has 0 aromatic heterocycles. The van der Waals surface area contributed by atoms with Crippen molar-refractivity contribution in [2.45, 2.75) is 104 Å². The first-order valence-electron chi connectivity index (χ1n) is 16.5. The number of aryl methyl sites for hydroxylation is 2. The normalized spacial score (nSPS) is 12.6. The van der Waals surface area contributed by atoms with E-state index in [-0.39, 0.29) is 12.2 Å². The number of nitrogens with zero attached hydrogens (tertiary/aromatic N) is 1. The molecule has 0 saturated heterocycles. The van der Waals surface area contributed by atoms with E-state index in [1.807, 2.05) is 50.2 Å². The van der Waals surface area contributed by atoms with Crippen molar-refractivity contribution in [3.8, 4) is 5.75 Å². The summed E-state index contributed by atoms with van der Waals surface area (Å²) < 4.78 is 5.55. The molecule has 0 spiro atoms. The smallest absolute Gasteiger partial charge is 0.408 e. The number of phenolic OH excluding ortho intramolecular Hbond substituents is 1. The lowest BCUT2D eigenvalue weighted by Crippen LogP contribution is -2.53. The molecular weight excluding hydrogens is 614 g/mol. The Bertz CT molecular complexity index is 1450. The van der Waals surface area contributed by atoms with Gasteiger partial charge in [0, 0.05) is 13.0 Å². The number of nitrogens with one attached hydrogen (secondary N) is 2. The van der Waals surface area contributed by atoms with Gasteiger partial charge in [0.05, 0.1) is 10.7 Å². The van der Waals surface area contributed by atoms with E-state index in [4.69, 9.17) is 16.3 Å². The Hall–Kier alpha value is -4.04. The molecule has 0 aliphatic heterocycles. The van der Waals surface area contributed by atoms with Crippen LogP contribution in [0, 0.1) is 13.8 Å².